The predicted molar refractivity (Wildman–Crippen MR) is 106 cm³/mol. The Morgan fingerprint density at radius 2 is 2.04 bits per heavy atom. The molecular formula is C22H26FN3O2. The Hall–Kier alpha value is -2.47. The van der Waals surface area contributed by atoms with E-state index in [1.807, 2.05) is 16.7 Å². The molecule has 3 heterocycles. The lowest BCUT2D eigenvalue weighted by molar-refractivity contribution is -0.120. The van der Waals surface area contributed by atoms with Crippen LogP contribution in [-0.2, 0) is 11.2 Å². The monoisotopic (exact) mass is 383 g/mol. The van der Waals surface area contributed by atoms with Crippen molar-refractivity contribution in [2.75, 3.05) is 26.2 Å². The fourth-order valence-electron chi connectivity index (χ4n) is 4.77. The molecule has 1 fully saturated rings. The third-order valence-electron chi connectivity index (χ3n) is 6.08. The van der Waals surface area contributed by atoms with Crippen molar-refractivity contribution in [3.05, 3.63) is 69.9 Å². The Morgan fingerprint density at radius 3 is 2.82 bits per heavy atom. The summed E-state index contributed by atoms with van der Waals surface area (Å²) in [5.74, 6) is 0.208. The summed E-state index contributed by atoms with van der Waals surface area (Å²) in [5.41, 5.74) is 1.72. The summed E-state index contributed by atoms with van der Waals surface area (Å²) in [6.07, 6.45) is 1.18. The molecule has 148 valence electrons. The second-order valence-corrected chi connectivity index (χ2v) is 7.88. The van der Waals surface area contributed by atoms with E-state index in [0.717, 1.165) is 31.7 Å². The Kier molecular flexibility index (Phi) is 5.31. The van der Waals surface area contributed by atoms with Gasteiger partial charge in [0.25, 0.3) is 5.56 Å². The van der Waals surface area contributed by atoms with Crippen molar-refractivity contribution in [1.29, 1.82) is 0 Å². The van der Waals surface area contributed by atoms with Gasteiger partial charge in [-0.1, -0.05) is 25.1 Å². The summed E-state index contributed by atoms with van der Waals surface area (Å²) in [4.78, 5) is 27.5. The van der Waals surface area contributed by atoms with Crippen LogP contribution in [0.3, 0.4) is 0 Å². The second kappa shape index (κ2) is 7.87. The predicted octanol–water partition coefficient (Wildman–Crippen LogP) is 2.33. The van der Waals surface area contributed by atoms with E-state index in [1.165, 1.54) is 12.1 Å². The zero-order chi connectivity index (χ0) is 19.7. The summed E-state index contributed by atoms with van der Waals surface area (Å²) in [5, 5.41) is 2.98. The van der Waals surface area contributed by atoms with E-state index in [2.05, 4.69) is 17.1 Å². The highest BCUT2D eigenvalue weighted by molar-refractivity contribution is 5.78. The van der Waals surface area contributed by atoms with Crippen molar-refractivity contribution >= 4 is 5.91 Å². The minimum Gasteiger partial charge on any atom is -0.354 e. The van der Waals surface area contributed by atoms with Crippen LogP contribution in [0.1, 0.15) is 36.6 Å². The summed E-state index contributed by atoms with van der Waals surface area (Å²) < 4.78 is 15.2. The van der Waals surface area contributed by atoms with Gasteiger partial charge < -0.3 is 14.8 Å². The van der Waals surface area contributed by atoms with E-state index in [1.54, 1.807) is 18.2 Å². The number of pyridine rings is 1. The molecule has 2 aliphatic heterocycles. The molecule has 3 atom stereocenters. The molecule has 2 aromatic rings. The first-order valence-electron chi connectivity index (χ1n) is 10.00. The SMILES string of the molecule is CCN1C[C@H]2C[C@@H](C1)[C@H](CNC(=O)Cc1cccc(F)c1)n1c2cccc1=O. The van der Waals surface area contributed by atoms with Gasteiger partial charge in [0.15, 0.2) is 0 Å². The van der Waals surface area contributed by atoms with Crippen LogP contribution in [0.4, 0.5) is 4.39 Å². The molecule has 0 saturated carbocycles. The van der Waals surface area contributed by atoms with Crippen molar-refractivity contribution in [2.45, 2.75) is 31.7 Å². The van der Waals surface area contributed by atoms with Crippen LogP contribution in [0, 0.1) is 11.7 Å². The number of rotatable bonds is 5. The zero-order valence-electron chi connectivity index (χ0n) is 16.1. The number of halogens is 1. The van der Waals surface area contributed by atoms with Crippen molar-refractivity contribution < 1.29 is 9.18 Å². The zero-order valence-corrected chi connectivity index (χ0v) is 16.1. The molecule has 1 N–H and O–H groups in total. The lowest BCUT2D eigenvalue weighted by Crippen LogP contribution is -2.52. The largest absolute Gasteiger partial charge is 0.354 e. The third kappa shape index (κ3) is 3.74. The molecule has 6 heteroatoms. The summed E-state index contributed by atoms with van der Waals surface area (Å²) in [7, 11) is 0. The molecule has 1 saturated heterocycles. The molecule has 0 unspecified atom stereocenters. The number of amides is 1. The lowest BCUT2D eigenvalue weighted by Gasteiger charge is -2.46. The minimum atomic E-state index is -0.342. The Labute approximate surface area is 164 Å². The molecule has 1 amide bonds. The molecule has 28 heavy (non-hydrogen) atoms. The van der Waals surface area contributed by atoms with Crippen molar-refractivity contribution in [3.63, 3.8) is 0 Å². The van der Waals surface area contributed by atoms with Crippen molar-refractivity contribution in [1.82, 2.24) is 14.8 Å². The number of hydrogen-bond donors (Lipinski definition) is 1. The highest BCUT2D eigenvalue weighted by Gasteiger charge is 2.40. The summed E-state index contributed by atoms with van der Waals surface area (Å²) in [6.45, 7) is 5.49. The topological polar surface area (TPSA) is 54.3 Å². The van der Waals surface area contributed by atoms with E-state index < -0.39 is 0 Å². The maximum atomic E-state index is 13.3. The van der Waals surface area contributed by atoms with Gasteiger partial charge >= 0.3 is 0 Å². The number of benzene rings is 1. The maximum absolute atomic E-state index is 13.3. The Balaban J connectivity index is 1.52. The van der Waals surface area contributed by atoms with E-state index >= 15 is 0 Å². The van der Waals surface area contributed by atoms with Crippen LogP contribution in [0.25, 0.3) is 0 Å². The molecule has 1 aromatic heterocycles. The van der Waals surface area contributed by atoms with Crippen LogP contribution in [0.2, 0.25) is 0 Å². The number of carbonyl (C=O) groups excluding carboxylic acids is 1. The Morgan fingerprint density at radius 1 is 1.21 bits per heavy atom. The fraction of sp³-hybridized carbons (Fsp3) is 0.455. The van der Waals surface area contributed by atoms with Gasteiger partial charge in [0.2, 0.25) is 5.91 Å². The average molecular weight is 383 g/mol. The van der Waals surface area contributed by atoms with Gasteiger partial charge in [-0.3, -0.25) is 9.59 Å². The maximum Gasteiger partial charge on any atom is 0.251 e. The van der Waals surface area contributed by atoms with Gasteiger partial charge in [-0.05, 0) is 42.6 Å². The van der Waals surface area contributed by atoms with Gasteiger partial charge in [0, 0.05) is 37.3 Å². The highest BCUT2D eigenvalue weighted by Crippen LogP contribution is 2.40. The first-order valence-corrected chi connectivity index (χ1v) is 10.00. The molecule has 4 rings (SSSR count). The van der Waals surface area contributed by atoms with E-state index in [-0.39, 0.29) is 29.7 Å². The number of carbonyl (C=O) groups is 1. The van der Waals surface area contributed by atoms with Gasteiger partial charge in [0.05, 0.1) is 12.5 Å². The number of nitrogens with zero attached hydrogens (tertiary/aromatic N) is 2. The number of likely N-dealkylation sites (tertiary alicyclic amines) is 1. The van der Waals surface area contributed by atoms with Crippen molar-refractivity contribution in [3.8, 4) is 0 Å². The first kappa shape index (κ1) is 18.9. The smallest absolute Gasteiger partial charge is 0.251 e. The number of likely N-dealkylation sites (N-methyl/N-ethyl adjacent to an activating group) is 1. The standard InChI is InChI=1S/C22H26FN3O2/c1-2-25-13-16-11-17(14-25)20(26-19(16)7-4-8-22(26)28)12-24-21(27)10-15-5-3-6-18(23)9-15/h3-9,16-17,20H,2,10-14H2,1H3,(H,24,27)/t16-,17+,20+/m1/s1. The number of hydrogen-bond acceptors (Lipinski definition) is 3. The van der Waals surface area contributed by atoms with E-state index in [4.69, 9.17) is 0 Å². The highest BCUT2D eigenvalue weighted by atomic mass is 19.1. The van der Waals surface area contributed by atoms with Crippen LogP contribution in [0.5, 0.6) is 0 Å². The fourth-order valence-corrected chi connectivity index (χ4v) is 4.77. The van der Waals surface area contributed by atoms with Crippen molar-refractivity contribution in [2.24, 2.45) is 5.92 Å². The van der Waals surface area contributed by atoms with Gasteiger partial charge in [0.1, 0.15) is 5.82 Å². The second-order valence-electron chi connectivity index (χ2n) is 7.88. The first-order chi connectivity index (χ1) is 13.5. The molecule has 0 spiro atoms. The number of piperidine rings is 1. The van der Waals surface area contributed by atoms with Gasteiger partial charge in [-0.15, -0.1) is 0 Å². The van der Waals surface area contributed by atoms with Crippen LogP contribution >= 0.6 is 0 Å². The molecule has 0 radical (unpaired) electrons. The van der Waals surface area contributed by atoms with Crippen LogP contribution in [0.15, 0.2) is 47.3 Å². The molecule has 1 aromatic carbocycles. The van der Waals surface area contributed by atoms with E-state index in [0.29, 0.717) is 23.9 Å². The van der Waals surface area contributed by atoms with Crippen LogP contribution < -0.4 is 10.9 Å². The third-order valence-corrected chi connectivity index (χ3v) is 6.08. The number of nitrogens with one attached hydrogen (secondary N) is 1. The average Bonchev–Trinajstić information content (AvgIpc) is 2.68. The minimum absolute atomic E-state index is 0.00141. The molecule has 5 nitrogen and oxygen atoms in total. The Bertz CT molecular complexity index is 926. The number of aromatic nitrogens is 1. The van der Waals surface area contributed by atoms with Gasteiger partial charge in [-0.2, -0.15) is 0 Å². The van der Waals surface area contributed by atoms with Crippen LogP contribution in [-0.4, -0.2) is 41.6 Å². The molecular weight excluding hydrogens is 357 g/mol. The molecule has 2 aliphatic rings. The number of fused-ring (bicyclic) bond motifs is 4. The quantitative estimate of drug-likeness (QED) is 0.862. The normalized spacial score (nSPS) is 23.9. The van der Waals surface area contributed by atoms with E-state index in [9.17, 15) is 14.0 Å². The molecule has 2 bridgehead atoms. The van der Waals surface area contributed by atoms with Gasteiger partial charge in [-0.25, -0.2) is 4.39 Å². The summed E-state index contributed by atoms with van der Waals surface area (Å²) in [6, 6.07) is 11.5. The molecule has 0 aliphatic carbocycles. The lowest BCUT2D eigenvalue weighted by atomic mass is 9.78. The summed E-state index contributed by atoms with van der Waals surface area (Å²) >= 11 is 0.